The highest BCUT2D eigenvalue weighted by Gasteiger charge is 2.23. The fourth-order valence-electron chi connectivity index (χ4n) is 3.11. The third-order valence-electron chi connectivity index (χ3n) is 5.06. The van der Waals surface area contributed by atoms with Crippen molar-refractivity contribution in [2.75, 3.05) is 5.32 Å². The first-order chi connectivity index (χ1) is 15.0. The third kappa shape index (κ3) is 6.85. The van der Waals surface area contributed by atoms with Gasteiger partial charge in [-0.1, -0.05) is 67.6 Å². The number of nitrogens with two attached hydrogens (primary N) is 1. The summed E-state index contributed by atoms with van der Waals surface area (Å²) in [7, 11) is 0. The SMILES string of the molecule is CC(c1ccccc1)C(S)C(=O)Nc1cccc(C(=O)OCc2ccc(CN)cc2)c1.Cl. The van der Waals surface area contributed by atoms with Crippen molar-refractivity contribution in [2.24, 2.45) is 5.73 Å². The van der Waals surface area contributed by atoms with Crippen molar-refractivity contribution in [1.29, 1.82) is 0 Å². The fraction of sp³-hybridized carbons (Fsp3) is 0.200. The molecule has 0 saturated heterocycles. The van der Waals surface area contributed by atoms with Crippen molar-refractivity contribution in [2.45, 2.75) is 31.2 Å². The summed E-state index contributed by atoms with van der Waals surface area (Å²) < 4.78 is 5.39. The number of hydrogen-bond donors (Lipinski definition) is 3. The summed E-state index contributed by atoms with van der Waals surface area (Å²) in [6, 6.07) is 24.0. The smallest absolute Gasteiger partial charge is 0.338 e. The molecule has 0 fully saturated rings. The lowest BCUT2D eigenvalue weighted by Crippen LogP contribution is -2.28. The average Bonchev–Trinajstić information content (AvgIpc) is 2.82. The van der Waals surface area contributed by atoms with Crippen LogP contribution in [0.1, 0.15) is 39.9 Å². The number of anilines is 1. The molecule has 0 radical (unpaired) electrons. The number of amides is 1. The standard InChI is InChI=1S/C25H26N2O3S.ClH/c1-17(20-6-3-2-4-7-20)23(31)24(28)27-22-9-5-8-21(14-22)25(29)30-16-19-12-10-18(15-26)11-13-19;/h2-14,17,23,31H,15-16,26H2,1H3,(H,27,28);1H. The number of ether oxygens (including phenoxy) is 1. The second-order valence-electron chi connectivity index (χ2n) is 7.31. The van der Waals surface area contributed by atoms with Gasteiger partial charge in [0.15, 0.2) is 0 Å². The molecule has 0 heterocycles. The van der Waals surface area contributed by atoms with Gasteiger partial charge in [0.25, 0.3) is 0 Å². The van der Waals surface area contributed by atoms with Gasteiger partial charge in [-0.05, 0) is 34.9 Å². The number of nitrogens with one attached hydrogen (secondary N) is 1. The summed E-state index contributed by atoms with van der Waals surface area (Å²) >= 11 is 4.50. The van der Waals surface area contributed by atoms with E-state index in [2.05, 4.69) is 17.9 Å². The molecule has 3 aromatic rings. The van der Waals surface area contributed by atoms with Crippen LogP contribution < -0.4 is 11.1 Å². The number of hydrogen-bond acceptors (Lipinski definition) is 5. The topological polar surface area (TPSA) is 81.4 Å². The van der Waals surface area contributed by atoms with Gasteiger partial charge in [0.1, 0.15) is 6.61 Å². The first kappa shape index (κ1) is 25.5. The summed E-state index contributed by atoms with van der Waals surface area (Å²) in [4.78, 5) is 25.1. The van der Waals surface area contributed by atoms with Crippen molar-refractivity contribution in [3.63, 3.8) is 0 Å². The minimum absolute atomic E-state index is 0. The Morgan fingerprint density at radius 2 is 1.62 bits per heavy atom. The average molecular weight is 471 g/mol. The van der Waals surface area contributed by atoms with Gasteiger partial charge in [-0.25, -0.2) is 4.79 Å². The van der Waals surface area contributed by atoms with Crippen molar-refractivity contribution in [1.82, 2.24) is 0 Å². The highest BCUT2D eigenvalue weighted by molar-refractivity contribution is 7.81. The van der Waals surface area contributed by atoms with Crippen LogP contribution in [0.25, 0.3) is 0 Å². The van der Waals surface area contributed by atoms with Gasteiger partial charge in [0, 0.05) is 18.2 Å². The second kappa shape index (κ2) is 12.3. The number of rotatable bonds is 8. The monoisotopic (exact) mass is 470 g/mol. The van der Waals surface area contributed by atoms with Crippen molar-refractivity contribution >= 4 is 42.6 Å². The van der Waals surface area contributed by atoms with Crippen LogP contribution >= 0.6 is 25.0 Å². The molecule has 32 heavy (non-hydrogen) atoms. The molecule has 0 bridgehead atoms. The zero-order valence-electron chi connectivity index (χ0n) is 17.7. The molecule has 7 heteroatoms. The van der Waals surface area contributed by atoms with Crippen LogP contribution in [-0.4, -0.2) is 17.1 Å². The maximum absolute atomic E-state index is 12.7. The molecule has 3 aromatic carbocycles. The molecule has 0 aliphatic carbocycles. The van der Waals surface area contributed by atoms with Crippen molar-refractivity contribution < 1.29 is 14.3 Å². The van der Waals surface area contributed by atoms with Crippen LogP contribution in [0.5, 0.6) is 0 Å². The molecule has 3 rings (SSSR count). The van der Waals surface area contributed by atoms with Crippen LogP contribution in [0, 0.1) is 0 Å². The molecule has 2 unspecified atom stereocenters. The Balaban J connectivity index is 0.00000363. The van der Waals surface area contributed by atoms with E-state index in [1.54, 1.807) is 24.3 Å². The molecule has 5 nitrogen and oxygen atoms in total. The van der Waals surface area contributed by atoms with Gasteiger partial charge >= 0.3 is 5.97 Å². The lowest BCUT2D eigenvalue weighted by atomic mass is 9.97. The third-order valence-corrected chi connectivity index (χ3v) is 5.74. The Labute approximate surface area is 200 Å². The van der Waals surface area contributed by atoms with E-state index in [1.807, 2.05) is 61.5 Å². The largest absolute Gasteiger partial charge is 0.457 e. The van der Waals surface area contributed by atoms with E-state index in [4.69, 9.17) is 10.5 Å². The van der Waals surface area contributed by atoms with Gasteiger partial charge < -0.3 is 15.8 Å². The van der Waals surface area contributed by atoms with E-state index in [0.29, 0.717) is 17.8 Å². The van der Waals surface area contributed by atoms with Crippen LogP contribution in [0.3, 0.4) is 0 Å². The zero-order chi connectivity index (χ0) is 22.2. The van der Waals surface area contributed by atoms with Gasteiger partial charge in [0.05, 0.1) is 10.8 Å². The summed E-state index contributed by atoms with van der Waals surface area (Å²) in [5.41, 5.74) is 9.41. The molecular formula is C25H27ClN2O3S. The van der Waals surface area contributed by atoms with Crippen LogP contribution in [0.2, 0.25) is 0 Å². The zero-order valence-corrected chi connectivity index (χ0v) is 19.4. The number of esters is 1. The Hall–Kier alpha value is -2.80. The normalized spacial score (nSPS) is 12.2. The first-order valence-corrected chi connectivity index (χ1v) is 10.6. The molecule has 3 N–H and O–H groups in total. The number of carbonyl (C=O) groups excluding carboxylic acids is 2. The molecule has 1 amide bonds. The predicted octanol–water partition coefficient (Wildman–Crippen LogP) is 4.96. The number of carbonyl (C=O) groups is 2. The van der Waals surface area contributed by atoms with Crippen molar-refractivity contribution in [3.8, 4) is 0 Å². The van der Waals surface area contributed by atoms with E-state index in [9.17, 15) is 9.59 Å². The van der Waals surface area contributed by atoms with Gasteiger partial charge in [-0.15, -0.1) is 12.4 Å². The lowest BCUT2D eigenvalue weighted by molar-refractivity contribution is -0.116. The van der Waals surface area contributed by atoms with Gasteiger partial charge in [-0.3, -0.25) is 4.79 Å². The van der Waals surface area contributed by atoms with Gasteiger partial charge in [-0.2, -0.15) is 12.6 Å². The fourth-order valence-corrected chi connectivity index (χ4v) is 3.35. The number of benzene rings is 3. The first-order valence-electron chi connectivity index (χ1n) is 10.1. The number of thiol groups is 1. The summed E-state index contributed by atoms with van der Waals surface area (Å²) in [5, 5.41) is 2.31. The Bertz CT molecular complexity index is 1030. The lowest BCUT2D eigenvalue weighted by Gasteiger charge is -2.19. The Morgan fingerprint density at radius 1 is 0.969 bits per heavy atom. The maximum Gasteiger partial charge on any atom is 0.338 e. The predicted molar refractivity (Wildman–Crippen MR) is 133 cm³/mol. The Morgan fingerprint density at radius 3 is 2.28 bits per heavy atom. The van der Waals surface area contributed by atoms with E-state index in [1.165, 1.54) is 0 Å². The van der Waals surface area contributed by atoms with E-state index in [-0.39, 0.29) is 30.8 Å². The molecule has 2 atom stereocenters. The summed E-state index contributed by atoms with van der Waals surface area (Å²) in [5.74, 6) is -0.757. The molecule has 0 aromatic heterocycles. The van der Waals surface area contributed by atoms with E-state index >= 15 is 0 Å². The Kier molecular flexibility index (Phi) is 9.78. The molecule has 168 valence electrons. The molecule has 0 spiro atoms. The highest BCUT2D eigenvalue weighted by Crippen LogP contribution is 2.24. The minimum Gasteiger partial charge on any atom is -0.457 e. The van der Waals surface area contributed by atoms with Crippen LogP contribution in [0.4, 0.5) is 5.69 Å². The molecule has 0 aliphatic heterocycles. The molecular weight excluding hydrogens is 444 g/mol. The molecule has 0 aliphatic rings. The van der Waals surface area contributed by atoms with E-state index in [0.717, 1.165) is 16.7 Å². The second-order valence-corrected chi connectivity index (χ2v) is 7.87. The summed E-state index contributed by atoms with van der Waals surface area (Å²) in [6.45, 7) is 2.59. The maximum atomic E-state index is 12.7. The quantitative estimate of drug-likeness (QED) is 0.321. The van der Waals surface area contributed by atoms with Crippen molar-refractivity contribution in [3.05, 3.63) is 101 Å². The number of halogens is 1. The van der Waals surface area contributed by atoms with Crippen LogP contribution in [0.15, 0.2) is 78.9 Å². The van der Waals surface area contributed by atoms with Gasteiger partial charge in [0.2, 0.25) is 5.91 Å². The van der Waals surface area contributed by atoms with Crippen LogP contribution in [-0.2, 0) is 22.7 Å². The van der Waals surface area contributed by atoms with E-state index < -0.39 is 11.2 Å². The highest BCUT2D eigenvalue weighted by atomic mass is 35.5. The minimum atomic E-state index is -0.533. The summed E-state index contributed by atoms with van der Waals surface area (Å²) in [6.07, 6.45) is 0. The molecule has 0 saturated carbocycles.